The molecule has 4 aromatic rings. The molecule has 140 valence electrons. The van der Waals surface area contributed by atoms with Crippen LogP contribution in [-0.2, 0) is 6.54 Å². The van der Waals surface area contributed by atoms with E-state index in [9.17, 15) is 0 Å². The summed E-state index contributed by atoms with van der Waals surface area (Å²) in [5, 5.41) is 7.35. The molecule has 0 aliphatic rings. The molecule has 0 fully saturated rings. The maximum atomic E-state index is 5.96. The van der Waals surface area contributed by atoms with Crippen molar-refractivity contribution in [1.82, 2.24) is 10.1 Å². The molecule has 3 aromatic carbocycles. The maximum Gasteiger partial charge on any atom is 0.246 e. The lowest BCUT2D eigenvalue weighted by atomic mass is 10.2. The summed E-state index contributed by atoms with van der Waals surface area (Å²) in [6.07, 6.45) is 0. The zero-order valence-corrected chi connectivity index (χ0v) is 15.3. The Morgan fingerprint density at radius 2 is 1.57 bits per heavy atom. The van der Waals surface area contributed by atoms with Crippen molar-refractivity contribution >= 4 is 5.69 Å². The van der Waals surface area contributed by atoms with Gasteiger partial charge in [-0.1, -0.05) is 47.6 Å². The average Bonchev–Trinajstić information content (AvgIpc) is 3.23. The van der Waals surface area contributed by atoms with Gasteiger partial charge in [-0.3, -0.25) is 0 Å². The van der Waals surface area contributed by atoms with Crippen molar-refractivity contribution in [2.45, 2.75) is 6.54 Å². The van der Waals surface area contributed by atoms with E-state index in [1.54, 1.807) is 7.11 Å². The van der Waals surface area contributed by atoms with E-state index in [1.807, 2.05) is 78.9 Å². The van der Waals surface area contributed by atoms with Crippen LogP contribution in [0.4, 0.5) is 5.69 Å². The Hall–Kier alpha value is -3.80. The Labute approximate surface area is 162 Å². The predicted molar refractivity (Wildman–Crippen MR) is 107 cm³/mol. The van der Waals surface area contributed by atoms with Crippen LogP contribution in [0.25, 0.3) is 11.4 Å². The molecule has 0 amide bonds. The van der Waals surface area contributed by atoms with Gasteiger partial charge in [0.05, 0.1) is 24.9 Å². The van der Waals surface area contributed by atoms with Gasteiger partial charge in [0.25, 0.3) is 0 Å². The van der Waals surface area contributed by atoms with Crippen molar-refractivity contribution in [3.8, 4) is 28.6 Å². The van der Waals surface area contributed by atoms with Gasteiger partial charge in [0.15, 0.2) is 5.75 Å². The minimum atomic E-state index is 0.372. The Kier molecular flexibility index (Phi) is 5.20. The van der Waals surface area contributed by atoms with E-state index in [0.29, 0.717) is 24.0 Å². The number of hydrogen-bond donors (Lipinski definition) is 1. The molecular weight excluding hydrogens is 354 g/mol. The van der Waals surface area contributed by atoms with Crippen molar-refractivity contribution in [2.75, 3.05) is 12.4 Å². The lowest BCUT2D eigenvalue weighted by Gasteiger charge is -2.11. The van der Waals surface area contributed by atoms with E-state index >= 15 is 0 Å². The zero-order chi connectivity index (χ0) is 19.2. The number of aromatic nitrogens is 2. The molecule has 0 saturated carbocycles. The minimum absolute atomic E-state index is 0.372. The Morgan fingerprint density at radius 3 is 2.39 bits per heavy atom. The Balaban J connectivity index is 1.48. The van der Waals surface area contributed by atoms with Crippen LogP contribution in [0.3, 0.4) is 0 Å². The van der Waals surface area contributed by atoms with Gasteiger partial charge in [-0.15, -0.1) is 0 Å². The molecule has 0 atom stereocenters. The summed E-state index contributed by atoms with van der Waals surface area (Å²) in [5.41, 5.74) is 1.62. The van der Waals surface area contributed by atoms with Crippen molar-refractivity contribution in [1.29, 1.82) is 0 Å². The van der Waals surface area contributed by atoms with Crippen LogP contribution in [-0.4, -0.2) is 17.3 Å². The van der Waals surface area contributed by atoms with E-state index in [4.69, 9.17) is 14.0 Å². The molecule has 0 aliphatic heterocycles. The van der Waals surface area contributed by atoms with Gasteiger partial charge in [-0.05, 0) is 36.4 Å². The standard InChI is InChI=1S/C22H19N3O3/c1-26-19-13-7-5-11-17(19)22-24-21(28-25-22)15-23-18-12-6-8-14-20(18)27-16-9-3-2-4-10-16/h2-14,23H,15H2,1H3. The molecule has 6 heteroatoms. The summed E-state index contributed by atoms with van der Waals surface area (Å²) < 4.78 is 16.7. The number of para-hydroxylation sites is 4. The summed E-state index contributed by atoms with van der Waals surface area (Å²) in [6.45, 7) is 0.372. The first-order chi connectivity index (χ1) is 13.8. The highest BCUT2D eigenvalue weighted by Gasteiger charge is 2.13. The average molecular weight is 373 g/mol. The van der Waals surface area contributed by atoms with E-state index in [-0.39, 0.29) is 0 Å². The zero-order valence-electron chi connectivity index (χ0n) is 15.3. The highest BCUT2D eigenvalue weighted by molar-refractivity contribution is 5.63. The third-order valence-electron chi connectivity index (χ3n) is 4.10. The van der Waals surface area contributed by atoms with Crippen LogP contribution in [0, 0.1) is 0 Å². The fourth-order valence-electron chi connectivity index (χ4n) is 2.75. The fraction of sp³-hybridized carbons (Fsp3) is 0.0909. The third-order valence-corrected chi connectivity index (χ3v) is 4.10. The monoisotopic (exact) mass is 373 g/mol. The lowest BCUT2D eigenvalue weighted by molar-refractivity contribution is 0.383. The number of nitrogens with one attached hydrogen (secondary N) is 1. The number of methoxy groups -OCH3 is 1. The predicted octanol–water partition coefficient (Wildman–Crippen LogP) is 5.15. The number of benzene rings is 3. The summed E-state index contributed by atoms with van der Waals surface area (Å²) in [4.78, 5) is 4.46. The molecule has 0 bridgehead atoms. The van der Waals surface area contributed by atoms with Gasteiger partial charge in [0.2, 0.25) is 11.7 Å². The molecule has 0 spiro atoms. The second-order valence-electron chi connectivity index (χ2n) is 5.98. The molecular formula is C22H19N3O3. The first-order valence-corrected chi connectivity index (χ1v) is 8.85. The normalized spacial score (nSPS) is 10.5. The van der Waals surface area contributed by atoms with Gasteiger partial charge in [-0.2, -0.15) is 4.98 Å². The molecule has 1 aromatic heterocycles. The number of anilines is 1. The molecule has 0 unspecified atom stereocenters. The number of hydrogen-bond acceptors (Lipinski definition) is 6. The molecule has 6 nitrogen and oxygen atoms in total. The molecule has 4 rings (SSSR count). The second kappa shape index (κ2) is 8.26. The highest BCUT2D eigenvalue weighted by Crippen LogP contribution is 2.30. The van der Waals surface area contributed by atoms with Crippen molar-refractivity contribution in [3.63, 3.8) is 0 Å². The molecule has 0 saturated heterocycles. The van der Waals surface area contributed by atoms with Gasteiger partial charge in [0.1, 0.15) is 11.5 Å². The summed E-state index contributed by atoms with van der Waals surface area (Å²) in [5.74, 6) is 3.15. The maximum absolute atomic E-state index is 5.96. The summed E-state index contributed by atoms with van der Waals surface area (Å²) in [7, 11) is 1.62. The quantitative estimate of drug-likeness (QED) is 0.483. The number of ether oxygens (including phenoxy) is 2. The molecule has 0 aliphatic carbocycles. The van der Waals surface area contributed by atoms with Crippen LogP contribution in [0.2, 0.25) is 0 Å². The van der Waals surface area contributed by atoms with Gasteiger partial charge < -0.3 is 19.3 Å². The van der Waals surface area contributed by atoms with Gasteiger partial charge >= 0.3 is 0 Å². The summed E-state index contributed by atoms with van der Waals surface area (Å²) in [6, 6.07) is 24.9. The first-order valence-electron chi connectivity index (χ1n) is 8.85. The largest absolute Gasteiger partial charge is 0.496 e. The van der Waals surface area contributed by atoms with Crippen molar-refractivity contribution in [3.05, 3.63) is 84.8 Å². The van der Waals surface area contributed by atoms with E-state index in [2.05, 4.69) is 15.5 Å². The van der Waals surface area contributed by atoms with Crippen molar-refractivity contribution in [2.24, 2.45) is 0 Å². The third kappa shape index (κ3) is 3.96. The smallest absolute Gasteiger partial charge is 0.246 e. The van der Waals surface area contributed by atoms with Gasteiger partial charge in [0, 0.05) is 0 Å². The SMILES string of the molecule is COc1ccccc1-c1noc(CNc2ccccc2Oc2ccccc2)n1. The number of nitrogens with zero attached hydrogens (tertiary/aromatic N) is 2. The minimum Gasteiger partial charge on any atom is -0.496 e. The van der Waals surface area contributed by atoms with Crippen LogP contribution in [0.5, 0.6) is 17.2 Å². The Bertz CT molecular complexity index is 1050. The van der Waals surface area contributed by atoms with Crippen LogP contribution < -0.4 is 14.8 Å². The van der Waals surface area contributed by atoms with E-state index in [1.165, 1.54) is 0 Å². The molecule has 1 N–H and O–H groups in total. The Morgan fingerprint density at radius 1 is 0.857 bits per heavy atom. The fourth-order valence-corrected chi connectivity index (χ4v) is 2.75. The molecule has 0 radical (unpaired) electrons. The van der Waals surface area contributed by atoms with Crippen LogP contribution >= 0.6 is 0 Å². The lowest BCUT2D eigenvalue weighted by Crippen LogP contribution is -2.01. The second-order valence-corrected chi connectivity index (χ2v) is 5.98. The highest BCUT2D eigenvalue weighted by atomic mass is 16.5. The number of rotatable bonds is 7. The topological polar surface area (TPSA) is 69.4 Å². The first kappa shape index (κ1) is 17.6. The molecule has 28 heavy (non-hydrogen) atoms. The van der Waals surface area contributed by atoms with Crippen LogP contribution in [0.1, 0.15) is 5.89 Å². The van der Waals surface area contributed by atoms with E-state index in [0.717, 1.165) is 22.7 Å². The van der Waals surface area contributed by atoms with Gasteiger partial charge in [-0.25, -0.2) is 0 Å². The van der Waals surface area contributed by atoms with Crippen molar-refractivity contribution < 1.29 is 14.0 Å². The summed E-state index contributed by atoms with van der Waals surface area (Å²) >= 11 is 0. The van der Waals surface area contributed by atoms with E-state index < -0.39 is 0 Å². The molecule has 1 heterocycles. The van der Waals surface area contributed by atoms with Crippen LogP contribution in [0.15, 0.2) is 83.4 Å².